The number of rotatable bonds is 7. The Morgan fingerprint density at radius 3 is 2.73 bits per heavy atom. The summed E-state index contributed by atoms with van der Waals surface area (Å²) < 4.78 is 21.8. The van der Waals surface area contributed by atoms with E-state index in [4.69, 9.17) is 4.52 Å². The van der Waals surface area contributed by atoms with Crippen molar-refractivity contribution >= 4 is 17.2 Å². The molecule has 2 aromatic heterocycles. The molecule has 3 aromatic rings. The molecule has 2 saturated heterocycles. The summed E-state index contributed by atoms with van der Waals surface area (Å²) in [6.45, 7) is 9.71. The van der Waals surface area contributed by atoms with Gasteiger partial charge in [0.05, 0.1) is 12.2 Å². The number of likely N-dealkylation sites (tertiary alicyclic amines) is 2. The zero-order valence-corrected chi connectivity index (χ0v) is 19.3. The fourth-order valence-corrected chi connectivity index (χ4v) is 5.26. The molecule has 0 N–H and O–H groups in total. The van der Waals surface area contributed by atoms with Crippen molar-refractivity contribution in [3.8, 4) is 5.95 Å². The van der Waals surface area contributed by atoms with E-state index in [2.05, 4.69) is 25.0 Å². The molecule has 176 valence electrons. The van der Waals surface area contributed by atoms with Crippen LogP contribution in [-0.4, -0.2) is 75.3 Å². The Bertz CT molecular complexity index is 1120. The molecule has 8 nitrogen and oxygen atoms in total. The molecule has 2 fully saturated rings. The molecule has 0 unspecified atom stereocenters. The van der Waals surface area contributed by atoms with E-state index < -0.39 is 0 Å². The van der Waals surface area contributed by atoms with E-state index >= 15 is 0 Å². The lowest BCUT2D eigenvalue weighted by Crippen LogP contribution is -2.37. The highest BCUT2D eigenvalue weighted by Gasteiger charge is 2.29. The Labute approximate surface area is 192 Å². The highest BCUT2D eigenvalue weighted by molar-refractivity contribution is 5.84. The number of nitrogens with zero attached hydrogens (tertiary/aromatic N) is 6. The largest absolute Gasteiger partial charge is 0.337 e. The van der Waals surface area contributed by atoms with Crippen LogP contribution < -0.4 is 0 Å². The van der Waals surface area contributed by atoms with Crippen molar-refractivity contribution in [2.75, 3.05) is 39.3 Å². The lowest BCUT2D eigenvalue weighted by atomic mass is 9.95. The first kappa shape index (κ1) is 22.2. The second-order valence-electron chi connectivity index (χ2n) is 9.68. The van der Waals surface area contributed by atoms with E-state index in [1.807, 2.05) is 19.9 Å². The van der Waals surface area contributed by atoms with Gasteiger partial charge < -0.3 is 14.2 Å². The number of carbonyl (C=O) groups is 1. The van der Waals surface area contributed by atoms with Gasteiger partial charge in [-0.15, -0.1) is 0 Å². The van der Waals surface area contributed by atoms with Crippen LogP contribution in [0.15, 0.2) is 22.7 Å². The van der Waals surface area contributed by atoms with E-state index in [0.29, 0.717) is 23.9 Å². The quantitative estimate of drug-likeness (QED) is 0.507. The highest BCUT2D eigenvalue weighted by atomic mass is 19.1. The molecule has 1 aromatic carbocycles. The molecule has 0 radical (unpaired) electrons. The molecule has 0 saturated carbocycles. The lowest BCUT2D eigenvalue weighted by Gasteiger charge is -2.32. The van der Waals surface area contributed by atoms with Gasteiger partial charge >= 0.3 is 0 Å². The number of para-hydroxylation sites is 1. The molecule has 5 rings (SSSR count). The van der Waals surface area contributed by atoms with Gasteiger partial charge in [0.2, 0.25) is 5.89 Å². The van der Waals surface area contributed by atoms with Crippen molar-refractivity contribution in [1.82, 2.24) is 29.7 Å². The van der Waals surface area contributed by atoms with Crippen molar-refractivity contribution in [3.63, 3.8) is 0 Å². The molecule has 0 amide bonds. The van der Waals surface area contributed by atoms with Gasteiger partial charge in [0.1, 0.15) is 17.6 Å². The van der Waals surface area contributed by atoms with Crippen molar-refractivity contribution in [2.45, 2.75) is 44.9 Å². The summed E-state index contributed by atoms with van der Waals surface area (Å²) in [6.07, 6.45) is 4.07. The van der Waals surface area contributed by atoms with Gasteiger partial charge in [0, 0.05) is 24.4 Å². The van der Waals surface area contributed by atoms with E-state index in [9.17, 15) is 9.18 Å². The summed E-state index contributed by atoms with van der Waals surface area (Å²) in [4.78, 5) is 20.1. The maximum absolute atomic E-state index is 14.7. The van der Waals surface area contributed by atoms with Gasteiger partial charge in [0.15, 0.2) is 0 Å². The molecule has 2 aliphatic heterocycles. The summed E-state index contributed by atoms with van der Waals surface area (Å²) in [7, 11) is 0. The fourth-order valence-electron chi connectivity index (χ4n) is 5.26. The van der Waals surface area contributed by atoms with Gasteiger partial charge in [-0.3, -0.25) is 4.90 Å². The van der Waals surface area contributed by atoms with Crippen LogP contribution in [0.25, 0.3) is 16.9 Å². The smallest absolute Gasteiger partial charge is 0.291 e. The fraction of sp³-hybridized carbons (Fsp3) is 0.583. The van der Waals surface area contributed by atoms with Gasteiger partial charge in [-0.2, -0.15) is 14.8 Å². The normalized spacial score (nSPS) is 20.9. The molecule has 4 heterocycles. The van der Waals surface area contributed by atoms with Crippen molar-refractivity contribution in [2.24, 2.45) is 5.92 Å². The van der Waals surface area contributed by atoms with Gasteiger partial charge in [-0.05, 0) is 62.0 Å². The monoisotopic (exact) mass is 454 g/mol. The van der Waals surface area contributed by atoms with Crippen LogP contribution in [-0.2, 0) is 4.79 Å². The molecule has 1 atom stereocenters. The van der Waals surface area contributed by atoms with Gasteiger partial charge in [-0.1, -0.05) is 26.0 Å². The van der Waals surface area contributed by atoms with E-state index in [0.717, 1.165) is 69.4 Å². The minimum atomic E-state index is -0.342. The molecule has 9 heteroatoms. The third-order valence-electron chi connectivity index (χ3n) is 7.01. The molecule has 2 aliphatic rings. The number of aromatic nitrogens is 4. The van der Waals surface area contributed by atoms with Gasteiger partial charge in [0.25, 0.3) is 5.95 Å². The zero-order chi connectivity index (χ0) is 22.9. The maximum atomic E-state index is 14.7. The number of benzene rings is 1. The summed E-state index contributed by atoms with van der Waals surface area (Å²) in [5.41, 5.74) is 1.21. The van der Waals surface area contributed by atoms with Crippen molar-refractivity contribution in [3.05, 3.63) is 35.6 Å². The Hall–Kier alpha value is -2.65. The minimum Gasteiger partial charge on any atom is -0.337 e. The molecule has 0 bridgehead atoms. The molecule has 0 spiro atoms. The van der Waals surface area contributed by atoms with E-state index in [1.54, 1.807) is 6.07 Å². The predicted molar refractivity (Wildman–Crippen MR) is 122 cm³/mol. The predicted octanol–water partition coefficient (Wildman–Crippen LogP) is 3.37. The average molecular weight is 455 g/mol. The maximum Gasteiger partial charge on any atom is 0.291 e. The van der Waals surface area contributed by atoms with Crippen LogP contribution in [0.3, 0.4) is 0 Å². The Balaban J connectivity index is 1.26. The standard InChI is InChI=1S/C24H31FN6O2/c1-16(2)21-19-4-3-5-20(25)22(19)31(27-21)24-26-23(33-28-24)18-7-10-29(11-8-18)14-17-6-9-30(15-17)12-13-32/h3-5,13,16-18H,6-12,14-15H2,1-2H3/t17-/m0/s1. The Morgan fingerprint density at radius 1 is 1.18 bits per heavy atom. The second kappa shape index (κ2) is 9.30. The van der Waals surface area contributed by atoms with Crippen molar-refractivity contribution in [1.29, 1.82) is 0 Å². The number of aldehydes is 1. The second-order valence-corrected chi connectivity index (χ2v) is 9.68. The minimum absolute atomic E-state index is 0.150. The van der Waals surface area contributed by atoms with Crippen LogP contribution in [0.2, 0.25) is 0 Å². The van der Waals surface area contributed by atoms with Crippen molar-refractivity contribution < 1.29 is 13.7 Å². The molecule has 33 heavy (non-hydrogen) atoms. The van der Waals surface area contributed by atoms with Crippen LogP contribution in [0, 0.1) is 11.7 Å². The number of hydrogen-bond acceptors (Lipinski definition) is 7. The third kappa shape index (κ3) is 4.44. The number of halogens is 1. The van der Waals surface area contributed by atoms with Crippen LogP contribution in [0.1, 0.15) is 56.5 Å². The highest BCUT2D eigenvalue weighted by Crippen LogP contribution is 2.31. The summed E-state index contributed by atoms with van der Waals surface area (Å²) in [5, 5.41) is 9.56. The number of hydrogen-bond donors (Lipinski definition) is 0. The Morgan fingerprint density at radius 2 is 1.97 bits per heavy atom. The lowest BCUT2D eigenvalue weighted by molar-refractivity contribution is -0.108. The molecular weight excluding hydrogens is 423 g/mol. The summed E-state index contributed by atoms with van der Waals surface area (Å²) in [5.74, 6) is 1.54. The topological polar surface area (TPSA) is 80.3 Å². The average Bonchev–Trinajstić information content (AvgIpc) is 3.53. The summed E-state index contributed by atoms with van der Waals surface area (Å²) in [6, 6.07) is 5.02. The first-order chi connectivity index (χ1) is 16.0. The van der Waals surface area contributed by atoms with Gasteiger partial charge in [-0.25, -0.2) is 4.39 Å². The number of piperidine rings is 1. The zero-order valence-electron chi connectivity index (χ0n) is 19.3. The van der Waals surface area contributed by atoms with Crippen LogP contribution in [0.4, 0.5) is 4.39 Å². The first-order valence-corrected chi connectivity index (χ1v) is 11.9. The molecular formula is C24H31FN6O2. The third-order valence-corrected chi connectivity index (χ3v) is 7.01. The van der Waals surface area contributed by atoms with E-state index in [1.165, 1.54) is 10.7 Å². The summed E-state index contributed by atoms with van der Waals surface area (Å²) >= 11 is 0. The van der Waals surface area contributed by atoms with E-state index in [-0.39, 0.29) is 23.6 Å². The SMILES string of the molecule is CC(C)c1nn(-c2noc(C3CCN(C[C@@H]4CCN(CC=O)C4)CC3)n2)c2c(F)cccc12. The first-order valence-electron chi connectivity index (χ1n) is 11.9. The van der Waals surface area contributed by atoms with Crippen LogP contribution >= 0.6 is 0 Å². The Kier molecular flexibility index (Phi) is 6.25. The molecule has 0 aliphatic carbocycles. The number of carbonyl (C=O) groups excluding carboxylic acids is 1. The number of fused-ring (bicyclic) bond motifs is 1. The van der Waals surface area contributed by atoms with Crippen LogP contribution in [0.5, 0.6) is 0 Å².